The largest absolute Gasteiger partial charge is 0.297 e. The van der Waals surface area contributed by atoms with Crippen LogP contribution in [-0.2, 0) is 4.57 Å². The number of hydrogen-bond donors (Lipinski definition) is 1. The first-order valence-electron chi connectivity index (χ1n) is 8.38. The van der Waals surface area contributed by atoms with E-state index in [-0.39, 0.29) is 6.04 Å². The molecule has 0 heterocycles. The molecule has 0 aliphatic carbocycles. The maximum absolute atomic E-state index is 14.1. The standard InChI is InChI=1S/C21H21ClNOP/c1-2-21(17-10-9-11-18(22)16-17)23-25(24,19-12-5-3-6-13-19)20-14-7-4-8-15-20/h3-16,21H,2H2,1H3,(H,23,24)/t21-/m1/s1. The molecule has 1 atom stereocenters. The van der Waals surface area contributed by atoms with Crippen molar-refractivity contribution in [2.75, 3.05) is 0 Å². The van der Waals surface area contributed by atoms with E-state index in [9.17, 15) is 4.57 Å². The maximum Gasteiger partial charge on any atom is 0.205 e. The summed E-state index contributed by atoms with van der Waals surface area (Å²) in [5.41, 5.74) is 1.04. The predicted octanol–water partition coefficient (Wildman–Crippen LogP) is 5.31. The Balaban J connectivity index is 2.05. The quantitative estimate of drug-likeness (QED) is 0.596. The summed E-state index contributed by atoms with van der Waals surface area (Å²) in [6, 6.07) is 26.9. The van der Waals surface area contributed by atoms with Crippen molar-refractivity contribution in [3.8, 4) is 0 Å². The molecule has 3 aromatic carbocycles. The van der Waals surface area contributed by atoms with Gasteiger partial charge >= 0.3 is 0 Å². The Morgan fingerprint density at radius 2 is 1.44 bits per heavy atom. The van der Waals surface area contributed by atoms with Crippen molar-refractivity contribution in [3.63, 3.8) is 0 Å². The molecule has 0 spiro atoms. The number of nitrogens with one attached hydrogen (secondary N) is 1. The fourth-order valence-corrected chi connectivity index (χ4v) is 5.67. The van der Waals surface area contributed by atoms with Gasteiger partial charge < -0.3 is 0 Å². The molecule has 0 saturated carbocycles. The molecule has 0 radical (unpaired) electrons. The molecule has 4 heteroatoms. The van der Waals surface area contributed by atoms with Crippen molar-refractivity contribution in [2.24, 2.45) is 0 Å². The van der Waals surface area contributed by atoms with Crippen LogP contribution in [0.25, 0.3) is 0 Å². The summed E-state index contributed by atoms with van der Waals surface area (Å²) < 4.78 is 14.1. The van der Waals surface area contributed by atoms with Gasteiger partial charge in [0.15, 0.2) is 0 Å². The highest BCUT2D eigenvalue weighted by Gasteiger charge is 2.30. The van der Waals surface area contributed by atoms with E-state index in [0.29, 0.717) is 5.02 Å². The lowest BCUT2D eigenvalue weighted by molar-refractivity contribution is 0.555. The Bertz CT molecular complexity index is 824. The Morgan fingerprint density at radius 3 is 1.92 bits per heavy atom. The second-order valence-corrected chi connectivity index (χ2v) is 8.87. The Hall–Kier alpha value is -1.86. The van der Waals surface area contributed by atoms with E-state index in [4.69, 9.17) is 11.6 Å². The van der Waals surface area contributed by atoms with E-state index in [2.05, 4.69) is 12.0 Å². The number of benzene rings is 3. The van der Waals surface area contributed by atoms with E-state index < -0.39 is 7.29 Å². The normalized spacial score (nSPS) is 12.7. The highest BCUT2D eigenvalue weighted by atomic mass is 35.5. The summed E-state index contributed by atoms with van der Waals surface area (Å²) in [4.78, 5) is 0. The van der Waals surface area contributed by atoms with E-state index in [1.165, 1.54) is 0 Å². The predicted molar refractivity (Wildman–Crippen MR) is 107 cm³/mol. The zero-order chi connectivity index (χ0) is 17.7. The highest BCUT2D eigenvalue weighted by molar-refractivity contribution is 7.76. The van der Waals surface area contributed by atoms with Gasteiger partial charge in [0.1, 0.15) is 0 Å². The molecule has 3 rings (SSSR count). The van der Waals surface area contributed by atoms with Gasteiger partial charge in [0.05, 0.1) is 0 Å². The summed E-state index contributed by atoms with van der Waals surface area (Å²) in [6.07, 6.45) is 0.810. The lowest BCUT2D eigenvalue weighted by atomic mass is 10.1. The Labute approximate surface area is 154 Å². The van der Waals surface area contributed by atoms with Crippen molar-refractivity contribution >= 4 is 29.5 Å². The fourth-order valence-electron chi connectivity index (χ4n) is 2.92. The SMILES string of the molecule is CC[C@@H](NP(=O)(c1ccccc1)c1ccccc1)c1cccc(Cl)c1. The average molecular weight is 370 g/mol. The lowest BCUT2D eigenvalue weighted by Crippen LogP contribution is -2.30. The van der Waals surface area contributed by atoms with E-state index in [1.807, 2.05) is 84.9 Å². The molecule has 0 unspecified atom stereocenters. The molecule has 0 bridgehead atoms. The van der Waals surface area contributed by atoms with Gasteiger partial charge in [0.2, 0.25) is 7.29 Å². The topological polar surface area (TPSA) is 29.1 Å². The third-order valence-corrected chi connectivity index (χ3v) is 7.20. The van der Waals surface area contributed by atoms with E-state index >= 15 is 0 Å². The average Bonchev–Trinajstić information content (AvgIpc) is 2.67. The van der Waals surface area contributed by atoms with Crippen molar-refractivity contribution in [1.29, 1.82) is 0 Å². The first-order valence-corrected chi connectivity index (χ1v) is 10.5. The van der Waals surface area contributed by atoms with Gasteiger partial charge in [-0.1, -0.05) is 67.1 Å². The van der Waals surface area contributed by atoms with Crippen LogP contribution in [0, 0.1) is 0 Å². The van der Waals surface area contributed by atoms with Crippen LogP contribution in [0.1, 0.15) is 24.9 Å². The maximum atomic E-state index is 14.1. The summed E-state index contributed by atoms with van der Waals surface area (Å²) in [5, 5.41) is 5.75. The third kappa shape index (κ3) is 4.04. The molecule has 25 heavy (non-hydrogen) atoms. The number of halogens is 1. The third-order valence-electron chi connectivity index (χ3n) is 4.24. The van der Waals surface area contributed by atoms with Crippen LogP contribution in [0.3, 0.4) is 0 Å². The number of hydrogen-bond acceptors (Lipinski definition) is 1. The zero-order valence-corrected chi connectivity index (χ0v) is 15.8. The molecule has 0 amide bonds. The van der Waals surface area contributed by atoms with Crippen LogP contribution in [-0.4, -0.2) is 0 Å². The molecule has 2 nitrogen and oxygen atoms in total. The minimum atomic E-state index is -2.97. The van der Waals surface area contributed by atoms with Crippen LogP contribution < -0.4 is 15.7 Å². The fraction of sp³-hybridized carbons (Fsp3) is 0.143. The Kier molecular flexibility index (Phi) is 5.75. The molecular weight excluding hydrogens is 349 g/mol. The second-order valence-electron chi connectivity index (χ2n) is 5.93. The minimum Gasteiger partial charge on any atom is -0.297 e. The Morgan fingerprint density at radius 1 is 0.880 bits per heavy atom. The van der Waals surface area contributed by atoms with Crippen LogP contribution >= 0.6 is 18.9 Å². The molecule has 128 valence electrons. The smallest absolute Gasteiger partial charge is 0.205 e. The van der Waals surface area contributed by atoms with Gasteiger partial charge in [-0.05, 0) is 48.4 Å². The zero-order valence-electron chi connectivity index (χ0n) is 14.1. The summed E-state index contributed by atoms with van der Waals surface area (Å²) >= 11 is 6.15. The molecule has 1 N–H and O–H groups in total. The van der Waals surface area contributed by atoms with Gasteiger partial charge in [-0.15, -0.1) is 0 Å². The summed E-state index contributed by atoms with van der Waals surface area (Å²) in [7, 11) is -2.97. The van der Waals surface area contributed by atoms with E-state index in [1.54, 1.807) is 0 Å². The van der Waals surface area contributed by atoms with Gasteiger partial charge in [-0.25, -0.2) is 0 Å². The second kappa shape index (κ2) is 8.01. The molecular formula is C21H21ClNOP. The first kappa shape index (κ1) is 17.9. The first-order chi connectivity index (χ1) is 12.1. The van der Waals surface area contributed by atoms with Crippen molar-refractivity contribution in [2.45, 2.75) is 19.4 Å². The van der Waals surface area contributed by atoms with Crippen LogP contribution in [0.15, 0.2) is 84.9 Å². The van der Waals surface area contributed by atoms with Crippen molar-refractivity contribution in [1.82, 2.24) is 5.09 Å². The van der Waals surface area contributed by atoms with Crippen LogP contribution in [0.4, 0.5) is 0 Å². The van der Waals surface area contributed by atoms with Gasteiger partial charge in [0.25, 0.3) is 0 Å². The lowest BCUT2D eigenvalue weighted by Gasteiger charge is -2.27. The minimum absolute atomic E-state index is 0.0510. The monoisotopic (exact) mass is 369 g/mol. The van der Waals surface area contributed by atoms with Gasteiger partial charge in [-0.2, -0.15) is 0 Å². The summed E-state index contributed by atoms with van der Waals surface area (Å²) in [6.45, 7) is 2.08. The van der Waals surface area contributed by atoms with Crippen molar-refractivity contribution in [3.05, 3.63) is 95.5 Å². The van der Waals surface area contributed by atoms with Crippen LogP contribution in [0.2, 0.25) is 5.02 Å². The molecule has 3 aromatic rings. The van der Waals surface area contributed by atoms with E-state index in [0.717, 1.165) is 22.6 Å². The van der Waals surface area contributed by atoms with Crippen LogP contribution in [0.5, 0.6) is 0 Å². The summed E-state index contributed by atoms with van der Waals surface area (Å²) in [5.74, 6) is 0. The molecule has 0 aliphatic heterocycles. The van der Waals surface area contributed by atoms with Gasteiger partial charge in [-0.3, -0.25) is 9.65 Å². The molecule has 0 fully saturated rings. The molecule has 0 aliphatic rings. The molecule has 0 aromatic heterocycles. The number of rotatable bonds is 6. The molecule has 0 saturated heterocycles. The highest BCUT2D eigenvalue weighted by Crippen LogP contribution is 2.42. The van der Waals surface area contributed by atoms with Gasteiger partial charge in [0, 0.05) is 21.7 Å². The van der Waals surface area contributed by atoms with Crippen molar-refractivity contribution < 1.29 is 4.57 Å².